The van der Waals surface area contributed by atoms with Gasteiger partial charge in [0.05, 0.1) is 7.11 Å². The number of benzene rings is 1. The van der Waals surface area contributed by atoms with Gasteiger partial charge < -0.3 is 10.5 Å². The number of sulfonamides is 1. The third-order valence-electron chi connectivity index (χ3n) is 4.09. The molecule has 118 valence electrons. The topological polar surface area (TPSA) is 72.6 Å². The van der Waals surface area contributed by atoms with Crippen molar-refractivity contribution in [3.8, 4) is 5.75 Å². The monoisotopic (exact) mass is 312 g/mol. The summed E-state index contributed by atoms with van der Waals surface area (Å²) in [6.45, 7) is 2.92. The molecule has 5 nitrogen and oxygen atoms in total. The molecule has 6 heteroatoms. The smallest absolute Gasteiger partial charge is 0.247 e. The molecule has 2 rings (SSSR count). The summed E-state index contributed by atoms with van der Waals surface area (Å²) in [5.74, 6) is 0.382. The molecule has 21 heavy (non-hydrogen) atoms. The Morgan fingerprint density at radius 2 is 2.14 bits per heavy atom. The van der Waals surface area contributed by atoms with Crippen LogP contribution in [0.4, 0.5) is 0 Å². The highest BCUT2D eigenvalue weighted by molar-refractivity contribution is 7.89. The van der Waals surface area contributed by atoms with Gasteiger partial charge in [0.25, 0.3) is 0 Å². The van der Waals surface area contributed by atoms with Crippen LogP contribution in [0, 0.1) is 0 Å². The Balaban J connectivity index is 2.47. The zero-order valence-corrected chi connectivity index (χ0v) is 13.5. The lowest BCUT2D eigenvalue weighted by molar-refractivity contribution is 0.246. The summed E-state index contributed by atoms with van der Waals surface area (Å²) in [6, 6.07) is 5.19. The first kappa shape index (κ1) is 16.3. The highest BCUT2D eigenvalue weighted by atomic mass is 32.2. The number of piperidine rings is 1. The number of nitrogens with zero attached hydrogens (tertiary/aromatic N) is 1. The summed E-state index contributed by atoms with van der Waals surface area (Å²) < 4.78 is 32.9. The van der Waals surface area contributed by atoms with Crippen LogP contribution >= 0.6 is 0 Å². The van der Waals surface area contributed by atoms with Crippen molar-refractivity contribution in [2.24, 2.45) is 5.73 Å². The predicted molar refractivity (Wildman–Crippen MR) is 82.7 cm³/mol. The third-order valence-corrected chi connectivity index (χ3v) is 6.07. The largest absolute Gasteiger partial charge is 0.495 e. The van der Waals surface area contributed by atoms with Gasteiger partial charge in [0.15, 0.2) is 0 Å². The zero-order valence-electron chi connectivity index (χ0n) is 12.7. The number of nitrogens with two attached hydrogens (primary N) is 1. The first-order valence-corrected chi connectivity index (χ1v) is 8.87. The van der Waals surface area contributed by atoms with Gasteiger partial charge >= 0.3 is 0 Å². The second-order valence-corrected chi connectivity index (χ2v) is 7.22. The van der Waals surface area contributed by atoms with Crippen molar-refractivity contribution < 1.29 is 13.2 Å². The van der Waals surface area contributed by atoms with Gasteiger partial charge in [0, 0.05) is 19.1 Å². The van der Waals surface area contributed by atoms with Crippen LogP contribution in [0.5, 0.6) is 5.75 Å². The van der Waals surface area contributed by atoms with Crippen molar-refractivity contribution in [3.05, 3.63) is 23.8 Å². The number of rotatable bonds is 5. The van der Waals surface area contributed by atoms with Crippen LogP contribution in [0.2, 0.25) is 0 Å². The van der Waals surface area contributed by atoms with Crippen LogP contribution in [0.3, 0.4) is 0 Å². The van der Waals surface area contributed by atoms with E-state index >= 15 is 0 Å². The van der Waals surface area contributed by atoms with Gasteiger partial charge in [-0.3, -0.25) is 0 Å². The van der Waals surface area contributed by atoms with E-state index in [1.54, 1.807) is 22.5 Å². The maximum absolute atomic E-state index is 13.0. The van der Waals surface area contributed by atoms with Crippen molar-refractivity contribution in [1.82, 2.24) is 4.31 Å². The van der Waals surface area contributed by atoms with Crippen LogP contribution in [0.1, 0.15) is 38.2 Å². The molecule has 1 aliphatic rings. The molecule has 2 N–H and O–H groups in total. The van der Waals surface area contributed by atoms with Crippen molar-refractivity contribution in [2.75, 3.05) is 13.7 Å². The summed E-state index contributed by atoms with van der Waals surface area (Å²) in [4.78, 5) is 0.230. The maximum Gasteiger partial charge on any atom is 0.247 e. The van der Waals surface area contributed by atoms with Crippen molar-refractivity contribution >= 4 is 10.0 Å². The predicted octanol–water partition coefficient (Wildman–Crippen LogP) is 2.11. The number of methoxy groups -OCH3 is 1. The fourth-order valence-corrected chi connectivity index (χ4v) is 4.85. The van der Waals surface area contributed by atoms with E-state index in [-0.39, 0.29) is 10.9 Å². The van der Waals surface area contributed by atoms with Crippen LogP contribution in [0.25, 0.3) is 0 Å². The molecule has 1 saturated heterocycles. The molecule has 0 amide bonds. The van der Waals surface area contributed by atoms with E-state index in [0.29, 0.717) is 18.8 Å². The standard InChI is InChI=1S/C15H24N2O3S/c1-3-13-6-4-5-9-17(13)21(18,19)15-10-12(11-16)7-8-14(15)20-2/h7-8,10,13H,3-6,9,11,16H2,1-2H3. The summed E-state index contributed by atoms with van der Waals surface area (Å²) in [5, 5.41) is 0. The molecule has 0 saturated carbocycles. The molecule has 0 spiro atoms. The van der Waals surface area contributed by atoms with Crippen molar-refractivity contribution in [2.45, 2.75) is 50.1 Å². The fourth-order valence-electron chi connectivity index (χ4n) is 2.87. The van der Waals surface area contributed by atoms with E-state index < -0.39 is 10.0 Å². The number of ether oxygens (including phenoxy) is 1. The van der Waals surface area contributed by atoms with Gasteiger partial charge in [-0.15, -0.1) is 0 Å². The van der Waals surface area contributed by atoms with E-state index in [2.05, 4.69) is 0 Å². The zero-order chi connectivity index (χ0) is 15.5. The molecule has 1 unspecified atom stereocenters. The number of hydrogen-bond donors (Lipinski definition) is 1. The molecular formula is C15H24N2O3S. The Kier molecular flexibility index (Phi) is 5.24. The maximum atomic E-state index is 13.0. The SMILES string of the molecule is CCC1CCCCN1S(=O)(=O)c1cc(CN)ccc1OC. The van der Waals surface area contributed by atoms with E-state index in [0.717, 1.165) is 31.2 Å². The fraction of sp³-hybridized carbons (Fsp3) is 0.600. The first-order valence-electron chi connectivity index (χ1n) is 7.43. The molecule has 1 atom stereocenters. The van der Waals surface area contributed by atoms with E-state index in [1.807, 2.05) is 6.92 Å². The van der Waals surface area contributed by atoms with Gasteiger partial charge in [-0.25, -0.2) is 8.42 Å². The lowest BCUT2D eigenvalue weighted by Gasteiger charge is -2.34. The summed E-state index contributed by atoms with van der Waals surface area (Å²) in [5.41, 5.74) is 6.43. The van der Waals surface area contributed by atoms with Gasteiger partial charge in [0.1, 0.15) is 10.6 Å². The normalized spacial score (nSPS) is 20.4. The Labute approximate surface area is 127 Å². The average Bonchev–Trinajstić information content (AvgIpc) is 2.54. The lowest BCUT2D eigenvalue weighted by atomic mass is 10.0. The molecule has 1 aliphatic heterocycles. The third kappa shape index (κ3) is 3.22. The molecule has 0 aromatic heterocycles. The Hall–Kier alpha value is -1.11. The molecule has 1 fully saturated rings. The average molecular weight is 312 g/mol. The van der Waals surface area contributed by atoms with Crippen molar-refractivity contribution in [1.29, 1.82) is 0 Å². The van der Waals surface area contributed by atoms with Crippen LogP contribution in [-0.2, 0) is 16.6 Å². The highest BCUT2D eigenvalue weighted by Gasteiger charge is 2.34. The minimum Gasteiger partial charge on any atom is -0.495 e. The second kappa shape index (κ2) is 6.77. The molecule has 1 aromatic rings. The minimum atomic E-state index is -3.55. The molecular weight excluding hydrogens is 288 g/mol. The number of hydrogen-bond acceptors (Lipinski definition) is 4. The van der Waals surface area contributed by atoms with Crippen LogP contribution in [-0.4, -0.2) is 32.4 Å². The second-order valence-electron chi connectivity index (χ2n) is 5.36. The van der Waals surface area contributed by atoms with Crippen LogP contribution in [0.15, 0.2) is 23.1 Å². The van der Waals surface area contributed by atoms with Crippen molar-refractivity contribution in [3.63, 3.8) is 0 Å². The van der Waals surface area contributed by atoms with Gasteiger partial charge in [-0.1, -0.05) is 19.4 Å². The molecule has 1 heterocycles. The summed E-state index contributed by atoms with van der Waals surface area (Å²) in [7, 11) is -2.06. The van der Waals surface area contributed by atoms with Gasteiger partial charge in [-0.05, 0) is 37.0 Å². The molecule has 1 aromatic carbocycles. The van der Waals surface area contributed by atoms with E-state index in [4.69, 9.17) is 10.5 Å². The summed E-state index contributed by atoms with van der Waals surface area (Å²) >= 11 is 0. The molecule has 0 radical (unpaired) electrons. The molecule has 0 bridgehead atoms. The van der Waals surface area contributed by atoms with E-state index in [1.165, 1.54) is 7.11 Å². The summed E-state index contributed by atoms with van der Waals surface area (Å²) in [6.07, 6.45) is 3.76. The molecule has 0 aliphatic carbocycles. The Bertz CT molecular complexity index is 587. The van der Waals surface area contributed by atoms with Gasteiger partial charge in [0.2, 0.25) is 10.0 Å². The lowest BCUT2D eigenvalue weighted by Crippen LogP contribution is -2.43. The minimum absolute atomic E-state index is 0.0787. The van der Waals surface area contributed by atoms with E-state index in [9.17, 15) is 8.42 Å². The Morgan fingerprint density at radius 1 is 1.38 bits per heavy atom. The Morgan fingerprint density at radius 3 is 2.76 bits per heavy atom. The first-order chi connectivity index (χ1) is 10.0. The quantitative estimate of drug-likeness (QED) is 0.904. The highest BCUT2D eigenvalue weighted by Crippen LogP contribution is 2.32. The van der Waals surface area contributed by atoms with Gasteiger partial charge in [-0.2, -0.15) is 4.31 Å². The van der Waals surface area contributed by atoms with Crippen LogP contribution < -0.4 is 10.5 Å².